The molecule has 0 radical (unpaired) electrons. The molecule has 1 atom stereocenters. The van der Waals surface area contributed by atoms with Gasteiger partial charge in [-0.3, -0.25) is 0 Å². The summed E-state index contributed by atoms with van der Waals surface area (Å²) in [7, 11) is 0. The zero-order chi connectivity index (χ0) is 10.5. The molecule has 1 unspecified atom stereocenters. The van der Waals surface area contributed by atoms with Gasteiger partial charge in [0.1, 0.15) is 0 Å². The average Bonchev–Trinajstić information content (AvgIpc) is 2.22. The van der Waals surface area contributed by atoms with Gasteiger partial charge in [-0.05, 0) is 50.1 Å². The van der Waals surface area contributed by atoms with E-state index in [9.17, 15) is 0 Å². The minimum Gasteiger partial charge on any atom is -0.501 e. The molecule has 1 N–H and O–H groups in total. The first-order chi connectivity index (χ1) is 7.42. The fraction of sp³-hybridized carbons (Fsp3) is 0.846. The van der Waals surface area contributed by atoms with Crippen LogP contribution in [-0.2, 0) is 4.74 Å². The minimum atomic E-state index is 0.610. The van der Waals surface area contributed by atoms with Crippen molar-refractivity contribution in [1.82, 2.24) is 5.32 Å². The van der Waals surface area contributed by atoms with E-state index in [1.54, 1.807) is 0 Å². The number of hydrogen-bond donors (Lipinski definition) is 1. The molecule has 2 nitrogen and oxygen atoms in total. The van der Waals surface area contributed by atoms with Crippen LogP contribution in [0.15, 0.2) is 11.8 Å². The predicted octanol–water partition coefficient (Wildman–Crippen LogP) is 2.85. The Kier molecular flexibility index (Phi) is 4.07. The largest absolute Gasteiger partial charge is 0.501 e. The summed E-state index contributed by atoms with van der Waals surface area (Å²) in [5.74, 6) is 0.879. The van der Waals surface area contributed by atoms with Gasteiger partial charge >= 0.3 is 0 Å². The molecule has 0 amide bonds. The van der Waals surface area contributed by atoms with Gasteiger partial charge in [0.15, 0.2) is 0 Å². The van der Waals surface area contributed by atoms with Gasteiger partial charge in [0, 0.05) is 6.04 Å². The number of hydrogen-bond acceptors (Lipinski definition) is 2. The maximum absolute atomic E-state index is 5.46. The second-order valence-corrected chi connectivity index (χ2v) is 4.79. The Hall–Kier alpha value is -0.500. The molecule has 0 aromatic rings. The summed E-state index contributed by atoms with van der Waals surface area (Å²) in [5.41, 5.74) is 1.51. The van der Waals surface area contributed by atoms with Crippen molar-refractivity contribution in [2.45, 2.75) is 51.5 Å². The van der Waals surface area contributed by atoms with E-state index in [0.717, 1.165) is 19.1 Å². The van der Waals surface area contributed by atoms with Gasteiger partial charge in [-0.1, -0.05) is 13.3 Å². The second-order valence-electron chi connectivity index (χ2n) is 4.79. The molecule has 15 heavy (non-hydrogen) atoms. The van der Waals surface area contributed by atoms with E-state index in [4.69, 9.17) is 4.74 Å². The summed E-state index contributed by atoms with van der Waals surface area (Å²) in [6.45, 7) is 4.28. The average molecular weight is 209 g/mol. The van der Waals surface area contributed by atoms with Crippen LogP contribution in [0.3, 0.4) is 0 Å². The number of rotatable bonds is 5. The molecule has 0 spiro atoms. The third-order valence-corrected chi connectivity index (χ3v) is 3.60. The Bertz CT molecular complexity index is 221. The topological polar surface area (TPSA) is 21.3 Å². The van der Waals surface area contributed by atoms with Crippen LogP contribution in [0.25, 0.3) is 0 Å². The molecule has 0 saturated heterocycles. The van der Waals surface area contributed by atoms with Crippen LogP contribution in [0.1, 0.15) is 45.4 Å². The van der Waals surface area contributed by atoms with Crippen molar-refractivity contribution in [3.05, 3.63) is 11.8 Å². The molecule has 0 aromatic heterocycles. The van der Waals surface area contributed by atoms with Crippen molar-refractivity contribution in [3.8, 4) is 0 Å². The van der Waals surface area contributed by atoms with Crippen molar-refractivity contribution in [2.75, 3.05) is 13.2 Å². The summed E-state index contributed by atoms with van der Waals surface area (Å²) in [5, 5.41) is 3.69. The van der Waals surface area contributed by atoms with Gasteiger partial charge < -0.3 is 10.1 Å². The summed E-state index contributed by atoms with van der Waals surface area (Å²) in [6.07, 6.45) is 9.90. The summed E-state index contributed by atoms with van der Waals surface area (Å²) in [4.78, 5) is 0. The first-order valence-corrected chi connectivity index (χ1v) is 6.45. The molecule has 1 fully saturated rings. The van der Waals surface area contributed by atoms with E-state index >= 15 is 0 Å². The Morgan fingerprint density at radius 1 is 1.47 bits per heavy atom. The fourth-order valence-electron chi connectivity index (χ4n) is 2.49. The van der Waals surface area contributed by atoms with Crippen LogP contribution in [0.5, 0.6) is 0 Å². The third-order valence-electron chi connectivity index (χ3n) is 3.60. The molecular weight excluding hydrogens is 186 g/mol. The molecule has 1 aliphatic heterocycles. The summed E-state index contributed by atoms with van der Waals surface area (Å²) in [6, 6.07) is 0.610. The Labute approximate surface area is 93.1 Å². The van der Waals surface area contributed by atoms with Crippen LogP contribution in [-0.4, -0.2) is 19.2 Å². The molecule has 86 valence electrons. The van der Waals surface area contributed by atoms with Gasteiger partial charge in [0.2, 0.25) is 0 Å². The second kappa shape index (κ2) is 5.55. The van der Waals surface area contributed by atoms with E-state index in [-0.39, 0.29) is 0 Å². The first-order valence-electron chi connectivity index (χ1n) is 6.45. The van der Waals surface area contributed by atoms with Gasteiger partial charge in [-0.2, -0.15) is 0 Å². The maximum atomic E-state index is 5.46. The Morgan fingerprint density at radius 2 is 2.33 bits per heavy atom. The van der Waals surface area contributed by atoms with Crippen molar-refractivity contribution in [3.63, 3.8) is 0 Å². The zero-order valence-electron chi connectivity index (χ0n) is 9.80. The normalized spacial score (nSPS) is 23.9. The lowest BCUT2D eigenvalue weighted by molar-refractivity contribution is 0.197. The molecule has 1 aliphatic carbocycles. The van der Waals surface area contributed by atoms with Crippen molar-refractivity contribution >= 4 is 0 Å². The van der Waals surface area contributed by atoms with Crippen molar-refractivity contribution in [2.24, 2.45) is 5.92 Å². The van der Waals surface area contributed by atoms with Gasteiger partial charge in [0.05, 0.1) is 12.9 Å². The van der Waals surface area contributed by atoms with E-state index < -0.39 is 0 Å². The molecular formula is C13H23NO. The quantitative estimate of drug-likeness (QED) is 0.751. The van der Waals surface area contributed by atoms with Crippen LogP contribution in [0.2, 0.25) is 0 Å². The number of nitrogens with one attached hydrogen (secondary N) is 1. The van der Waals surface area contributed by atoms with Crippen LogP contribution in [0.4, 0.5) is 0 Å². The maximum Gasteiger partial charge on any atom is 0.0876 e. The van der Waals surface area contributed by atoms with E-state index in [0.29, 0.717) is 6.04 Å². The van der Waals surface area contributed by atoms with E-state index in [1.807, 2.05) is 6.26 Å². The highest BCUT2D eigenvalue weighted by Gasteiger charge is 2.29. The SMILES string of the molecule is CCCNC(C1=COCCC1)C1CCC1. The lowest BCUT2D eigenvalue weighted by Gasteiger charge is -2.36. The first kappa shape index (κ1) is 11.0. The fourth-order valence-corrected chi connectivity index (χ4v) is 2.49. The molecule has 0 bridgehead atoms. The van der Waals surface area contributed by atoms with Crippen molar-refractivity contribution < 1.29 is 4.74 Å². The molecule has 1 heterocycles. The Morgan fingerprint density at radius 3 is 2.87 bits per heavy atom. The molecule has 0 aromatic carbocycles. The van der Waals surface area contributed by atoms with Gasteiger partial charge in [-0.15, -0.1) is 0 Å². The highest BCUT2D eigenvalue weighted by molar-refractivity contribution is 5.13. The highest BCUT2D eigenvalue weighted by atomic mass is 16.5. The Balaban J connectivity index is 1.93. The van der Waals surface area contributed by atoms with Crippen LogP contribution < -0.4 is 5.32 Å². The lowest BCUT2D eigenvalue weighted by Crippen LogP contribution is -2.42. The van der Waals surface area contributed by atoms with Crippen LogP contribution >= 0.6 is 0 Å². The van der Waals surface area contributed by atoms with Gasteiger partial charge in [-0.25, -0.2) is 0 Å². The highest BCUT2D eigenvalue weighted by Crippen LogP contribution is 2.34. The van der Waals surface area contributed by atoms with Crippen LogP contribution in [0, 0.1) is 5.92 Å². The number of ether oxygens (including phenoxy) is 1. The minimum absolute atomic E-state index is 0.610. The predicted molar refractivity (Wildman–Crippen MR) is 62.7 cm³/mol. The zero-order valence-corrected chi connectivity index (χ0v) is 9.80. The van der Waals surface area contributed by atoms with E-state index in [2.05, 4.69) is 12.2 Å². The summed E-state index contributed by atoms with van der Waals surface area (Å²) >= 11 is 0. The lowest BCUT2D eigenvalue weighted by atomic mass is 9.76. The monoisotopic (exact) mass is 209 g/mol. The standard InChI is InChI=1S/C13H23NO/c1-2-8-14-13(11-5-3-6-11)12-7-4-9-15-10-12/h10-11,13-14H,2-9H2,1H3. The molecule has 2 heteroatoms. The summed E-state index contributed by atoms with van der Waals surface area (Å²) < 4.78 is 5.46. The molecule has 1 saturated carbocycles. The van der Waals surface area contributed by atoms with Crippen molar-refractivity contribution in [1.29, 1.82) is 0 Å². The third kappa shape index (κ3) is 2.75. The van der Waals surface area contributed by atoms with Gasteiger partial charge in [0.25, 0.3) is 0 Å². The smallest absolute Gasteiger partial charge is 0.0876 e. The van der Waals surface area contributed by atoms with E-state index in [1.165, 1.54) is 44.1 Å². The molecule has 2 aliphatic rings. The molecule has 2 rings (SSSR count).